The zero-order valence-corrected chi connectivity index (χ0v) is 7.01. The van der Waals surface area contributed by atoms with E-state index in [9.17, 15) is 4.79 Å². The van der Waals surface area contributed by atoms with Gasteiger partial charge in [0.2, 0.25) is 0 Å². The highest BCUT2D eigenvalue weighted by Crippen LogP contribution is 2.30. The topological polar surface area (TPSA) is 30.0 Å². The maximum Gasteiger partial charge on any atom is 0.197 e. The van der Waals surface area contributed by atoms with Crippen molar-refractivity contribution < 1.29 is 4.79 Å². The second-order valence-corrected chi connectivity index (χ2v) is 3.36. The van der Waals surface area contributed by atoms with E-state index in [1.807, 2.05) is 0 Å². The molecule has 0 radical (unpaired) electrons. The molecule has 0 aliphatic heterocycles. The van der Waals surface area contributed by atoms with Gasteiger partial charge in [0, 0.05) is 12.4 Å². The van der Waals surface area contributed by atoms with Gasteiger partial charge >= 0.3 is 0 Å². The number of alkyl halides is 2. The molecule has 58 valence electrons. The van der Waals surface area contributed by atoms with Gasteiger partial charge in [-0.05, 0) is 17.7 Å². The Kier molecular flexibility index (Phi) is 2.47. The molecule has 0 aliphatic carbocycles. The molecule has 0 saturated carbocycles. The van der Waals surface area contributed by atoms with E-state index in [0.717, 1.165) is 0 Å². The van der Waals surface area contributed by atoms with Crippen LogP contribution in [0.1, 0.15) is 5.56 Å². The van der Waals surface area contributed by atoms with Gasteiger partial charge in [-0.25, -0.2) is 0 Å². The van der Waals surface area contributed by atoms with E-state index in [-0.39, 0.29) is 0 Å². The van der Waals surface area contributed by atoms with E-state index in [1.54, 1.807) is 12.1 Å². The van der Waals surface area contributed by atoms with E-state index >= 15 is 0 Å². The third kappa shape index (κ3) is 1.91. The second kappa shape index (κ2) is 3.20. The zero-order chi connectivity index (χ0) is 8.32. The molecule has 11 heavy (non-hydrogen) atoms. The molecule has 0 N–H and O–H groups in total. The number of halogens is 2. The molecule has 2 nitrogen and oxygen atoms in total. The lowest BCUT2D eigenvalue weighted by atomic mass is 10.2. The lowest BCUT2D eigenvalue weighted by molar-refractivity contribution is -0.108. The van der Waals surface area contributed by atoms with Crippen molar-refractivity contribution in [2.45, 2.75) is 4.33 Å². The average molecular weight is 190 g/mol. The van der Waals surface area contributed by atoms with Gasteiger partial charge in [0.25, 0.3) is 0 Å². The lowest BCUT2D eigenvalue weighted by Gasteiger charge is -2.10. The molecule has 0 unspecified atom stereocenters. The summed E-state index contributed by atoms with van der Waals surface area (Å²) in [7, 11) is 0. The number of hydrogen-bond acceptors (Lipinski definition) is 2. The van der Waals surface area contributed by atoms with Crippen LogP contribution in [0.5, 0.6) is 0 Å². The van der Waals surface area contributed by atoms with Crippen LogP contribution in [0.2, 0.25) is 0 Å². The van der Waals surface area contributed by atoms with Crippen LogP contribution in [0.3, 0.4) is 0 Å². The number of pyridine rings is 1. The van der Waals surface area contributed by atoms with Crippen LogP contribution >= 0.6 is 23.2 Å². The fraction of sp³-hybridized carbons (Fsp3) is 0.143. The summed E-state index contributed by atoms with van der Waals surface area (Å²) in [5.74, 6) is 0. The number of carbonyl (C=O) groups excluding carboxylic acids is 1. The molecule has 4 heteroatoms. The van der Waals surface area contributed by atoms with Crippen LogP contribution in [-0.2, 0) is 9.13 Å². The summed E-state index contributed by atoms with van der Waals surface area (Å²) in [4.78, 5) is 14.1. The Balaban J connectivity index is 3.02. The molecule has 0 aliphatic rings. The Morgan fingerprint density at radius 2 is 1.91 bits per heavy atom. The van der Waals surface area contributed by atoms with Crippen LogP contribution in [0.4, 0.5) is 0 Å². The highest BCUT2D eigenvalue weighted by molar-refractivity contribution is 6.55. The molecule has 0 bridgehead atoms. The summed E-state index contributed by atoms with van der Waals surface area (Å²) in [6.07, 6.45) is 3.53. The smallest absolute Gasteiger partial charge is 0.197 e. The predicted octanol–water partition coefficient (Wildman–Crippen LogP) is 1.91. The minimum atomic E-state index is -1.44. The van der Waals surface area contributed by atoms with E-state index < -0.39 is 4.33 Å². The molecular formula is C7H5Cl2NO. The highest BCUT2D eigenvalue weighted by atomic mass is 35.5. The Hall–Kier alpha value is -0.600. The first kappa shape index (κ1) is 8.50. The molecule has 0 spiro atoms. The van der Waals surface area contributed by atoms with E-state index in [1.165, 1.54) is 12.4 Å². The van der Waals surface area contributed by atoms with Crippen molar-refractivity contribution in [2.24, 2.45) is 0 Å². The minimum absolute atomic E-state index is 0.478. The van der Waals surface area contributed by atoms with Gasteiger partial charge in [-0.15, -0.1) is 0 Å². The lowest BCUT2D eigenvalue weighted by Crippen LogP contribution is -2.11. The van der Waals surface area contributed by atoms with Crippen molar-refractivity contribution in [3.05, 3.63) is 30.1 Å². The molecule has 0 saturated heterocycles. The number of carbonyl (C=O) groups is 1. The summed E-state index contributed by atoms with van der Waals surface area (Å²) >= 11 is 11.2. The van der Waals surface area contributed by atoms with Gasteiger partial charge in [0.15, 0.2) is 10.6 Å². The number of rotatable bonds is 2. The molecule has 0 fully saturated rings. The van der Waals surface area contributed by atoms with Crippen LogP contribution < -0.4 is 0 Å². The Bertz CT molecular complexity index is 248. The number of nitrogens with zero attached hydrogens (tertiary/aromatic N) is 1. The minimum Gasteiger partial charge on any atom is -0.300 e. The fourth-order valence-electron chi connectivity index (χ4n) is 0.642. The van der Waals surface area contributed by atoms with Gasteiger partial charge in [-0.2, -0.15) is 0 Å². The van der Waals surface area contributed by atoms with Gasteiger partial charge in [0.05, 0.1) is 0 Å². The van der Waals surface area contributed by atoms with E-state index in [4.69, 9.17) is 23.2 Å². The Morgan fingerprint density at radius 1 is 1.36 bits per heavy atom. The molecular weight excluding hydrogens is 185 g/mol. The summed E-state index contributed by atoms with van der Waals surface area (Å²) in [6, 6.07) is 3.18. The first-order chi connectivity index (χ1) is 5.17. The summed E-state index contributed by atoms with van der Waals surface area (Å²) in [6.45, 7) is 0. The maximum atomic E-state index is 10.3. The van der Waals surface area contributed by atoms with Gasteiger partial charge < -0.3 is 0 Å². The van der Waals surface area contributed by atoms with E-state index in [2.05, 4.69) is 4.98 Å². The normalized spacial score (nSPS) is 11.1. The fourth-order valence-corrected chi connectivity index (χ4v) is 0.894. The van der Waals surface area contributed by atoms with Crippen LogP contribution in [-0.4, -0.2) is 11.3 Å². The van der Waals surface area contributed by atoms with Crippen molar-refractivity contribution in [2.75, 3.05) is 0 Å². The standard InChI is InChI=1S/C7H5Cl2NO/c8-7(9,5-11)6-1-3-10-4-2-6/h1-5H. The number of aromatic nitrogens is 1. The number of hydrogen-bond donors (Lipinski definition) is 0. The largest absolute Gasteiger partial charge is 0.300 e. The summed E-state index contributed by atoms with van der Waals surface area (Å²) in [5.41, 5.74) is 0.533. The monoisotopic (exact) mass is 189 g/mol. The van der Waals surface area contributed by atoms with E-state index in [0.29, 0.717) is 11.8 Å². The number of aldehydes is 1. The van der Waals surface area contributed by atoms with Crippen molar-refractivity contribution in [1.82, 2.24) is 4.98 Å². The molecule has 1 aromatic rings. The van der Waals surface area contributed by atoms with Crippen molar-refractivity contribution >= 4 is 29.5 Å². The van der Waals surface area contributed by atoms with Crippen LogP contribution in [0, 0.1) is 0 Å². The second-order valence-electron chi connectivity index (χ2n) is 1.98. The quantitative estimate of drug-likeness (QED) is 0.526. The summed E-state index contributed by atoms with van der Waals surface area (Å²) in [5, 5.41) is 0. The van der Waals surface area contributed by atoms with Gasteiger partial charge in [0.1, 0.15) is 0 Å². The third-order valence-electron chi connectivity index (χ3n) is 1.21. The van der Waals surface area contributed by atoms with Gasteiger partial charge in [-0.3, -0.25) is 9.78 Å². The summed E-state index contributed by atoms with van der Waals surface area (Å²) < 4.78 is -1.44. The highest BCUT2D eigenvalue weighted by Gasteiger charge is 2.24. The molecule has 0 atom stereocenters. The zero-order valence-electron chi connectivity index (χ0n) is 5.50. The molecule has 1 rings (SSSR count). The first-order valence-corrected chi connectivity index (χ1v) is 3.67. The predicted molar refractivity (Wildman–Crippen MR) is 43.7 cm³/mol. The van der Waals surface area contributed by atoms with Crippen molar-refractivity contribution in [3.63, 3.8) is 0 Å². The van der Waals surface area contributed by atoms with Gasteiger partial charge in [-0.1, -0.05) is 23.2 Å². The Labute approximate surface area is 74.1 Å². The van der Waals surface area contributed by atoms with Crippen molar-refractivity contribution in [3.8, 4) is 0 Å². The SMILES string of the molecule is O=CC(Cl)(Cl)c1ccncc1. The van der Waals surface area contributed by atoms with Crippen molar-refractivity contribution in [1.29, 1.82) is 0 Å². The third-order valence-corrected chi connectivity index (χ3v) is 1.83. The first-order valence-electron chi connectivity index (χ1n) is 2.91. The molecule has 0 aromatic carbocycles. The molecule has 0 amide bonds. The van der Waals surface area contributed by atoms with Crippen LogP contribution in [0.15, 0.2) is 24.5 Å². The van der Waals surface area contributed by atoms with Crippen LogP contribution in [0.25, 0.3) is 0 Å². The molecule has 1 aromatic heterocycles. The average Bonchev–Trinajstić information content (AvgIpc) is 2.06. The maximum absolute atomic E-state index is 10.3. The Morgan fingerprint density at radius 3 is 2.36 bits per heavy atom. The molecule has 1 heterocycles.